The van der Waals surface area contributed by atoms with Gasteiger partial charge in [0.1, 0.15) is 18.3 Å². The van der Waals surface area contributed by atoms with Gasteiger partial charge in [0.25, 0.3) is 21.2 Å². The van der Waals surface area contributed by atoms with E-state index in [-0.39, 0.29) is 130 Å². The molecule has 5 N–H and O–H groups in total. The van der Waals surface area contributed by atoms with Crippen molar-refractivity contribution in [3.63, 3.8) is 0 Å². The van der Waals surface area contributed by atoms with Crippen molar-refractivity contribution in [1.29, 1.82) is 0 Å². The van der Waals surface area contributed by atoms with Gasteiger partial charge in [-0.05, 0) is 0 Å². The maximum absolute atomic E-state index is 12.1. The molecule has 0 saturated carbocycles. The molecule has 1 aromatic heterocycles. The maximum atomic E-state index is 12.1. The molecule has 1 saturated heterocycles. The molecule has 0 spiro atoms. The summed E-state index contributed by atoms with van der Waals surface area (Å²) in [5.41, 5.74) is 3.34. The second-order valence-electron chi connectivity index (χ2n) is 6.24. The first-order valence-electron chi connectivity index (χ1n) is 8.50. The number of aromatic nitrogens is 2. The van der Waals surface area contributed by atoms with Crippen molar-refractivity contribution >= 4 is 29.5 Å². The molecule has 1 aliphatic rings. The average Bonchev–Trinajstić information content (AvgIpc) is 2.91. The SMILES string of the molecule is NC/C=C/c1cn([C@@H]2O[C@H](COP(=O)([O-])OP(=O)([O-])OP(=O)([O-])[O-])[C@@H](O)[C@H]2O)c(=O)[nH]c1=O.[Na+].[Na+].[Na+].[Na+]. The van der Waals surface area contributed by atoms with Crippen LogP contribution >= 0.6 is 23.5 Å². The molecule has 0 radical (unpaired) electrons. The van der Waals surface area contributed by atoms with Gasteiger partial charge in [-0.1, -0.05) is 12.2 Å². The first kappa shape index (κ1) is 44.1. The second-order valence-corrected chi connectivity index (χ2v) is 10.5. The van der Waals surface area contributed by atoms with E-state index in [1.54, 1.807) is 0 Å². The molecule has 1 aliphatic heterocycles. The van der Waals surface area contributed by atoms with Crippen LogP contribution in [0.25, 0.3) is 6.08 Å². The molecule has 0 bridgehead atoms. The summed E-state index contributed by atoms with van der Waals surface area (Å²) >= 11 is 0. The summed E-state index contributed by atoms with van der Waals surface area (Å²) < 4.78 is 49.4. The zero-order valence-corrected chi connectivity index (χ0v) is 30.7. The Balaban J connectivity index is -0.00000289. The third-order valence-electron chi connectivity index (χ3n) is 3.84. The molecular formula is C12H16N3Na4O15P3. The predicted octanol–water partition coefficient (Wildman–Crippen LogP) is -17.0. The molecule has 25 heteroatoms. The van der Waals surface area contributed by atoms with Crippen molar-refractivity contribution in [1.82, 2.24) is 9.55 Å². The smallest absolute Gasteiger partial charge is 0.790 e. The Morgan fingerprint density at radius 3 is 2.11 bits per heavy atom. The van der Waals surface area contributed by atoms with E-state index in [2.05, 4.69) is 13.1 Å². The largest absolute Gasteiger partial charge is 1.00 e. The number of rotatable bonds is 10. The Morgan fingerprint density at radius 2 is 1.59 bits per heavy atom. The maximum Gasteiger partial charge on any atom is 1.00 e. The van der Waals surface area contributed by atoms with Crippen LogP contribution in [0.1, 0.15) is 11.8 Å². The van der Waals surface area contributed by atoms with Crippen molar-refractivity contribution in [2.24, 2.45) is 5.73 Å². The van der Waals surface area contributed by atoms with Gasteiger partial charge in [0, 0.05) is 12.7 Å². The zero-order valence-electron chi connectivity index (χ0n) is 20.0. The first-order valence-corrected chi connectivity index (χ1v) is 12.9. The molecule has 188 valence electrons. The van der Waals surface area contributed by atoms with Crippen LogP contribution in [0.3, 0.4) is 0 Å². The van der Waals surface area contributed by atoms with E-state index >= 15 is 0 Å². The van der Waals surface area contributed by atoms with Gasteiger partial charge in [-0.15, -0.1) is 0 Å². The van der Waals surface area contributed by atoms with E-state index in [9.17, 15) is 53.1 Å². The molecule has 18 nitrogen and oxygen atoms in total. The number of ether oxygens (including phenoxy) is 1. The van der Waals surface area contributed by atoms with Crippen molar-refractivity contribution in [3.8, 4) is 0 Å². The number of nitrogens with two attached hydrogens (primary N) is 1. The van der Waals surface area contributed by atoms with Crippen molar-refractivity contribution in [2.45, 2.75) is 24.5 Å². The molecule has 0 amide bonds. The minimum atomic E-state index is -6.20. The molecular weight excluding hydrogens is 611 g/mol. The normalized spacial score (nSPS) is 24.5. The van der Waals surface area contributed by atoms with Crippen molar-refractivity contribution in [2.75, 3.05) is 13.2 Å². The number of phosphoric acid groups is 3. The molecule has 0 aliphatic carbocycles. The Morgan fingerprint density at radius 1 is 1.03 bits per heavy atom. The number of aliphatic hydroxyl groups is 2. The number of nitrogens with one attached hydrogen (secondary N) is 1. The van der Waals surface area contributed by atoms with Crippen molar-refractivity contribution in [3.05, 3.63) is 38.7 Å². The quantitative estimate of drug-likeness (QED) is 0.138. The van der Waals surface area contributed by atoms with E-state index in [1.807, 2.05) is 4.98 Å². The summed E-state index contributed by atoms with van der Waals surface area (Å²) in [5, 5.41) is 20.2. The first-order chi connectivity index (χ1) is 15.1. The number of hydrogen-bond acceptors (Lipinski definition) is 16. The van der Waals surface area contributed by atoms with Crippen LogP contribution in [0, 0.1) is 0 Å². The summed E-state index contributed by atoms with van der Waals surface area (Å²) in [6.45, 7) is -1.14. The van der Waals surface area contributed by atoms with Gasteiger partial charge in [-0.2, -0.15) is 0 Å². The topological polar surface area (TPSA) is 302 Å². The Labute approximate surface area is 296 Å². The summed E-state index contributed by atoms with van der Waals surface area (Å²) in [4.78, 5) is 69.2. The van der Waals surface area contributed by atoms with Crippen LogP contribution in [0.4, 0.5) is 0 Å². The van der Waals surface area contributed by atoms with Gasteiger partial charge >= 0.3 is 124 Å². The van der Waals surface area contributed by atoms with E-state index in [0.29, 0.717) is 4.57 Å². The third kappa shape index (κ3) is 14.1. The van der Waals surface area contributed by atoms with E-state index in [0.717, 1.165) is 6.20 Å². The number of hydrogen-bond donors (Lipinski definition) is 4. The summed E-state index contributed by atoms with van der Waals surface area (Å²) in [6, 6.07) is 0. The fourth-order valence-electron chi connectivity index (χ4n) is 2.55. The van der Waals surface area contributed by atoms with E-state index in [1.165, 1.54) is 12.2 Å². The fourth-order valence-corrected chi connectivity index (χ4v) is 5.41. The number of nitrogens with zero attached hydrogens (tertiary/aromatic N) is 1. The summed E-state index contributed by atoms with van der Waals surface area (Å²) in [5.74, 6) is 0. The number of aromatic amines is 1. The van der Waals surface area contributed by atoms with Crippen LogP contribution < -0.4 is 155 Å². The van der Waals surface area contributed by atoms with Crippen LogP contribution in [0.2, 0.25) is 0 Å². The van der Waals surface area contributed by atoms with Crippen LogP contribution in [0.15, 0.2) is 21.9 Å². The van der Waals surface area contributed by atoms with Gasteiger partial charge in [-0.25, -0.2) is 9.11 Å². The molecule has 2 unspecified atom stereocenters. The molecule has 1 aromatic rings. The van der Waals surface area contributed by atoms with Crippen LogP contribution in [0.5, 0.6) is 0 Å². The molecule has 1 fully saturated rings. The number of aliphatic hydroxyl groups excluding tert-OH is 2. The van der Waals surface area contributed by atoms with Crippen LogP contribution in [-0.2, 0) is 31.6 Å². The fraction of sp³-hybridized carbons (Fsp3) is 0.500. The van der Waals surface area contributed by atoms with E-state index < -0.39 is 65.9 Å². The Bertz CT molecular complexity index is 1160. The Hall–Kier alpha value is 2.67. The number of phosphoric ester groups is 1. The average molecular weight is 627 g/mol. The van der Waals surface area contributed by atoms with Gasteiger partial charge in [0.15, 0.2) is 6.23 Å². The van der Waals surface area contributed by atoms with Gasteiger partial charge in [-0.3, -0.25) is 27.8 Å². The molecule has 6 atom stereocenters. The molecule has 2 rings (SSSR count). The second kappa shape index (κ2) is 18.4. The predicted molar refractivity (Wildman–Crippen MR) is 96.3 cm³/mol. The monoisotopic (exact) mass is 627 g/mol. The van der Waals surface area contributed by atoms with Gasteiger partial charge < -0.3 is 49.3 Å². The minimum absolute atomic E-state index is 0. The molecule has 2 heterocycles. The minimum Gasteiger partial charge on any atom is -0.790 e. The zero-order chi connectivity index (χ0) is 25.2. The third-order valence-corrected chi connectivity index (χ3v) is 7.50. The van der Waals surface area contributed by atoms with Gasteiger partial charge in [0.2, 0.25) is 0 Å². The Kier molecular flexibility index (Phi) is 21.9. The summed E-state index contributed by atoms with van der Waals surface area (Å²) in [7, 11) is -18.3. The number of H-pyrrole nitrogens is 1. The molecule has 0 aromatic carbocycles. The summed E-state index contributed by atoms with van der Waals surface area (Å²) in [6.07, 6.45) is -3.51. The standard InChI is InChI=1S/C12H20N3O15P3.4Na/c13-3-1-2-6-4-15(12(19)14-10(6)18)11-9(17)8(16)7(28-11)5-27-32(23,24)30-33(25,26)29-31(20,21)22;;;;/h1-2,4,7-9,11,16-17H,3,5,13H2,(H,23,24)(H,25,26)(H,14,18,19)(H2,20,21,22);;;;/q;4*+1/p-4/b2-1+;;;;/t7-,8-,9-,11-;;;;/m1..../s1. The molecule has 37 heavy (non-hydrogen) atoms. The van der Waals surface area contributed by atoms with Gasteiger partial charge in [0.05, 0.1) is 20.0 Å². The van der Waals surface area contributed by atoms with Crippen LogP contribution in [-0.4, -0.2) is 51.2 Å². The van der Waals surface area contributed by atoms with E-state index in [4.69, 9.17) is 10.5 Å². The van der Waals surface area contributed by atoms with Crippen molar-refractivity contribution < 1.29 is 180 Å².